The van der Waals surface area contributed by atoms with E-state index >= 15 is 0 Å². The first-order chi connectivity index (χ1) is 9.61. The van der Waals surface area contributed by atoms with E-state index in [-0.39, 0.29) is 0 Å². The van der Waals surface area contributed by atoms with E-state index in [4.69, 9.17) is 0 Å². The summed E-state index contributed by atoms with van der Waals surface area (Å²) in [6.07, 6.45) is 2.39. The zero-order valence-electron chi connectivity index (χ0n) is 12.9. The van der Waals surface area contributed by atoms with Crippen LogP contribution in [0.1, 0.15) is 60.3 Å². The first-order valence-electron chi connectivity index (χ1n) is 7.48. The molecule has 2 unspecified atom stereocenters. The molecule has 0 aliphatic carbocycles. The number of hydrogen-bond donors (Lipinski definition) is 1. The number of benzene rings is 1. The molecule has 0 amide bonds. The predicted octanol–water partition coefficient (Wildman–Crippen LogP) is 5.56. The quantitative estimate of drug-likeness (QED) is 0.733. The minimum atomic E-state index is 0.382. The normalized spacial score (nSPS) is 14.2. The Kier molecular flexibility index (Phi) is 5.38. The monoisotopic (exact) mass is 287 g/mol. The lowest BCUT2D eigenvalue weighted by Crippen LogP contribution is -2.24. The van der Waals surface area contributed by atoms with Crippen molar-refractivity contribution in [2.75, 3.05) is 0 Å². The van der Waals surface area contributed by atoms with E-state index in [1.807, 2.05) is 11.3 Å². The Morgan fingerprint density at radius 1 is 1.15 bits per heavy atom. The second kappa shape index (κ2) is 7.05. The molecule has 1 nitrogen and oxygen atoms in total. The maximum Gasteiger partial charge on any atom is 0.0419 e. The van der Waals surface area contributed by atoms with Crippen molar-refractivity contribution in [2.45, 2.75) is 52.6 Å². The van der Waals surface area contributed by atoms with E-state index in [0.29, 0.717) is 12.1 Å². The van der Waals surface area contributed by atoms with Crippen LogP contribution < -0.4 is 5.32 Å². The second-order valence-electron chi connectivity index (χ2n) is 5.59. The van der Waals surface area contributed by atoms with Crippen molar-refractivity contribution in [1.29, 1.82) is 0 Å². The molecule has 2 heteroatoms. The van der Waals surface area contributed by atoms with Crippen LogP contribution in [0.4, 0.5) is 0 Å². The molecule has 0 spiro atoms. The van der Waals surface area contributed by atoms with Gasteiger partial charge in [0.05, 0.1) is 0 Å². The lowest BCUT2D eigenvalue weighted by Gasteiger charge is -2.23. The SMILES string of the molecule is CCCC(NC(C)c1ccc(C)c(C)c1)c1cccs1. The summed E-state index contributed by atoms with van der Waals surface area (Å²) >= 11 is 1.85. The summed E-state index contributed by atoms with van der Waals surface area (Å²) < 4.78 is 0. The van der Waals surface area contributed by atoms with Crippen LogP contribution in [0.3, 0.4) is 0 Å². The Hall–Kier alpha value is -1.12. The van der Waals surface area contributed by atoms with Gasteiger partial charge in [0.1, 0.15) is 0 Å². The van der Waals surface area contributed by atoms with Gasteiger partial charge in [-0.15, -0.1) is 11.3 Å². The maximum absolute atomic E-state index is 3.79. The van der Waals surface area contributed by atoms with E-state index < -0.39 is 0 Å². The third-order valence-corrected chi connectivity index (χ3v) is 4.93. The third-order valence-electron chi connectivity index (χ3n) is 3.95. The Morgan fingerprint density at radius 2 is 1.95 bits per heavy atom. The molecule has 20 heavy (non-hydrogen) atoms. The fraction of sp³-hybridized carbons (Fsp3) is 0.444. The first-order valence-corrected chi connectivity index (χ1v) is 8.36. The van der Waals surface area contributed by atoms with Crippen LogP contribution in [-0.2, 0) is 0 Å². The summed E-state index contributed by atoms with van der Waals surface area (Å²) in [5, 5.41) is 5.96. The van der Waals surface area contributed by atoms with Crippen LogP contribution in [0.2, 0.25) is 0 Å². The smallest absolute Gasteiger partial charge is 0.0419 e. The molecule has 0 aliphatic rings. The molecule has 0 fully saturated rings. The highest BCUT2D eigenvalue weighted by atomic mass is 32.1. The van der Waals surface area contributed by atoms with Crippen LogP contribution in [0.5, 0.6) is 0 Å². The summed E-state index contributed by atoms with van der Waals surface area (Å²) in [4.78, 5) is 1.45. The molecule has 1 aromatic carbocycles. The zero-order valence-corrected chi connectivity index (χ0v) is 13.8. The lowest BCUT2D eigenvalue weighted by atomic mass is 10.0. The standard InChI is InChI=1S/C18H25NS/c1-5-7-17(18-8-6-11-20-18)19-15(4)16-10-9-13(2)14(3)12-16/h6,8-12,15,17,19H,5,7H2,1-4H3. The van der Waals surface area contributed by atoms with Crippen LogP contribution in [0, 0.1) is 13.8 Å². The molecule has 0 saturated heterocycles. The van der Waals surface area contributed by atoms with Crippen molar-refractivity contribution < 1.29 is 0 Å². The van der Waals surface area contributed by atoms with Gasteiger partial charge < -0.3 is 5.32 Å². The summed E-state index contributed by atoms with van der Waals surface area (Å²) in [5.74, 6) is 0. The van der Waals surface area contributed by atoms with Gasteiger partial charge in [-0.3, -0.25) is 0 Å². The van der Waals surface area contributed by atoms with E-state index in [2.05, 4.69) is 68.7 Å². The summed E-state index contributed by atoms with van der Waals surface area (Å²) in [5.41, 5.74) is 4.12. The molecule has 2 rings (SSSR count). The van der Waals surface area contributed by atoms with Crippen LogP contribution in [-0.4, -0.2) is 0 Å². The predicted molar refractivity (Wildman–Crippen MR) is 89.4 cm³/mol. The molecule has 2 atom stereocenters. The fourth-order valence-electron chi connectivity index (χ4n) is 2.52. The Morgan fingerprint density at radius 3 is 2.55 bits per heavy atom. The molecule has 1 N–H and O–H groups in total. The van der Waals surface area contributed by atoms with Crippen LogP contribution in [0.25, 0.3) is 0 Å². The van der Waals surface area contributed by atoms with E-state index in [1.54, 1.807) is 0 Å². The average molecular weight is 287 g/mol. The largest absolute Gasteiger partial charge is 0.303 e. The van der Waals surface area contributed by atoms with Crippen molar-refractivity contribution in [2.24, 2.45) is 0 Å². The molecule has 0 saturated carbocycles. The highest BCUT2D eigenvalue weighted by molar-refractivity contribution is 7.10. The first kappa shape index (κ1) is 15.3. The van der Waals surface area contributed by atoms with Crippen molar-refractivity contribution >= 4 is 11.3 Å². The van der Waals surface area contributed by atoms with Gasteiger partial charge in [0.2, 0.25) is 0 Å². The highest BCUT2D eigenvalue weighted by Gasteiger charge is 2.15. The third kappa shape index (κ3) is 3.71. The van der Waals surface area contributed by atoms with Gasteiger partial charge in [-0.2, -0.15) is 0 Å². The van der Waals surface area contributed by atoms with Crippen molar-refractivity contribution in [3.05, 3.63) is 57.3 Å². The Bertz CT molecular complexity index is 530. The van der Waals surface area contributed by atoms with Gasteiger partial charge in [-0.05, 0) is 55.3 Å². The number of rotatable bonds is 6. The van der Waals surface area contributed by atoms with Gasteiger partial charge in [-0.25, -0.2) is 0 Å². The number of hydrogen-bond acceptors (Lipinski definition) is 2. The highest BCUT2D eigenvalue weighted by Crippen LogP contribution is 2.27. The summed E-state index contributed by atoms with van der Waals surface area (Å²) in [6, 6.07) is 12.0. The topological polar surface area (TPSA) is 12.0 Å². The van der Waals surface area contributed by atoms with E-state index in [9.17, 15) is 0 Å². The minimum absolute atomic E-state index is 0.382. The summed E-state index contributed by atoms with van der Waals surface area (Å²) in [7, 11) is 0. The number of nitrogens with one attached hydrogen (secondary N) is 1. The fourth-order valence-corrected chi connectivity index (χ4v) is 3.34. The molecular formula is C18H25NS. The lowest BCUT2D eigenvalue weighted by molar-refractivity contribution is 0.445. The minimum Gasteiger partial charge on any atom is -0.303 e. The van der Waals surface area contributed by atoms with E-state index in [0.717, 1.165) is 0 Å². The molecule has 1 aromatic heterocycles. The number of thiophene rings is 1. The second-order valence-corrected chi connectivity index (χ2v) is 6.57. The molecular weight excluding hydrogens is 262 g/mol. The van der Waals surface area contributed by atoms with Crippen LogP contribution in [0.15, 0.2) is 35.7 Å². The van der Waals surface area contributed by atoms with Crippen LogP contribution >= 0.6 is 11.3 Å². The Labute approximate surface area is 127 Å². The Balaban J connectivity index is 2.11. The molecule has 0 aliphatic heterocycles. The van der Waals surface area contributed by atoms with Crippen molar-refractivity contribution in [3.8, 4) is 0 Å². The van der Waals surface area contributed by atoms with Gasteiger partial charge in [0, 0.05) is 17.0 Å². The van der Waals surface area contributed by atoms with Crippen molar-refractivity contribution in [1.82, 2.24) is 5.32 Å². The molecule has 0 bridgehead atoms. The average Bonchev–Trinajstić information content (AvgIpc) is 2.95. The van der Waals surface area contributed by atoms with Crippen molar-refractivity contribution in [3.63, 3.8) is 0 Å². The molecule has 1 heterocycles. The maximum atomic E-state index is 3.79. The number of aryl methyl sites for hydroxylation is 2. The molecule has 0 radical (unpaired) electrons. The van der Waals surface area contributed by atoms with Gasteiger partial charge >= 0.3 is 0 Å². The molecule has 2 aromatic rings. The van der Waals surface area contributed by atoms with Gasteiger partial charge in [0.15, 0.2) is 0 Å². The zero-order chi connectivity index (χ0) is 14.5. The summed E-state index contributed by atoms with van der Waals surface area (Å²) in [6.45, 7) is 8.88. The molecule has 108 valence electrons. The van der Waals surface area contributed by atoms with Gasteiger partial charge in [0.25, 0.3) is 0 Å². The van der Waals surface area contributed by atoms with E-state index in [1.165, 1.54) is 34.4 Å². The van der Waals surface area contributed by atoms with Gasteiger partial charge in [-0.1, -0.05) is 37.6 Å².